The van der Waals surface area contributed by atoms with Crippen LogP contribution in [-0.4, -0.2) is 49.1 Å². The SMILES string of the molecule is CCCCS(=O)(=O)c1ccc(C(=O)N(C)C(C)C(=O)O)cc1. The molecule has 0 saturated heterocycles. The van der Waals surface area contributed by atoms with Gasteiger partial charge in [-0.2, -0.15) is 0 Å². The van der Waals surface area contributed by atoms with Gasteiger partial charge in [-0.25, -0.2) is 13.2 Å². The van der Waals surface area contributed by atoms with Crippen molar-refractivity contribution in [3.05, 3.63) is 29.8 Å². The van der Waals surface area contributed by atoms with Crippen LogP contribution in [0, 0.1) is 0 Å². The largest absolute Gasteiger partial charge is 0.480 e. The number of nitrogens with zero attached hydrogens (tertiary/aromatic N) is 1. The number of aliphatic carboxylic acids is 1. The first-order valence-corrected chi connectivity index (χ1v) is 8.68. The molecule has 1 rings (SSSR count). The first-order chi connectivity index (χ1) is 10.2. The lowest BCUT2D eigenvalue weighted by atomic mass is 10.2. The highest BCUT2D eigenvalue weighted by molar-refractivity contribution is 7.91. The first-order valence-electron chi connectivity index (χ1n) is 7.03. The number of carboxylic acid groups (broad SMARTS) is 1. The van der Waals surface area contributed by atoms with Crippen LogP contribution in [0.3, 0.4) is 0 Å². The fourth-order valence-corrected chi connectivity index (χ4v) is 3.26. The smallest absolute Gasteiger partial charge is 0.326 e. The molecule has 1 N–H and O–H groups in total. The van der Waals surface area contributed by atoms with Gasteiger partial charge in [-0.05, 0) is 37.6 Å². The van der Waals surface area contributed by atoms with Crippen molar-refractivity contribution in [1.29, 1.82) is 0 Å². The summed E-state index contributed by atoms with van der Waals surface area (Å²) < 4.78 is 24.1. The molecule has 6 nitrogen and oxygen atoms in total. The second-order valence-electron chi connectivity index (χ2n) is 5.13. The molecule has 0 aliphatic heterocycles. The second kappa shape index (κ2) is 7.40. The van der Waals surface area contributed by atoms with Crippen LogP contribution in [0.4, 0.5) is 0 Å². The molecule has 7 heteroatoms. The van der Waals surface area contributed by atoms with Gasteiger partial charge < -0.3 is 10.0 Å². The van der Waals surface area contributed by atoms with Crippen LogP contribution in [0.5, 0.6) is 0 Å². The first kappa shape index (κ1) is 18.2. The summed E-state index contributed by atoms with van der Waals surface area (Å²) in [5.74, 6) is -1.49. The van der Waals surface area contributed by atoms with Crippen LogP contribution in [0.2, 0.25) is 0 Å². The lowest BCUT2D eigenvalue weighted by molar-refractivity contribution is -0.141. The van der Waals surface area contributed by atoms with E-state index >= 15 is 0 Å². The molecule has 0 spiro atoms. The van der Waals surface area contributed by atoms with Crippen LogP contribution in [0.25, 0.3) is 0 Å². The van der Waals surface area contributed by atoms with Gasteiger partial charge in [0.2, 0.25) is 0 Å². The number of hydrogen-bond donors (Lipinski definition) is 1. The normalized spacial score (nSPS) is 12.7. The van der Waals surface area contributed by atoms with Crippen molar-refractivity contribution in [1.82, 2.24) is 4.90 Å². The van der Waals surface area contributed by atoms with E-state index in [1.54, 1.807) is 0 Å². The third kappa shape index (κ3) is 4.30. The summed E-state index contributed by atoms with van der Waals surface area (Å²) in [6.07, 6.45) is 1.37. The van der Waals surface area contributed by atoms with Gasteiger partial charge in [0.05, 0.1) is 10.6 Å². The Balaban J connectivity index is 2.93. The van der Waals surface area contributed by atoms with Gasteiger partial charge in [-0.3, -0.25) is 4.79 Å². The number of benzene rings is 1. The van der Waals surface area contributed by atoms with Gasteiger partial charge in [-0.15, -0.1) is 0 Å². The molecule has 22 heavy (non-hydrogen) atoms. The van der Waals surface area contributed by atoms with Gasteiger partial charge in [0.1, 0.15) is 6.04 Å². The Bertz CT molecular complexity index is 636. The van der Waals surface area contributed by atoms with E-state index in [0.717, 1.165) is 11.3 Å². The molecule has 1 atom stereocenters. The number of rotatable bonds is 7. The number of carboxylic acids is 1. The Morgan fingerprint density at radius 3 is 2.23 bits per heavy atom. The molecule has 0 radical (unpaired) electrons. The quantitative estimate of drug-likeness (QED) is 0.824. The standard InChI is InChI=1S/C15H21NO5S/c1-4-5-10-22(20,21)13-8-6-12(7-9-13)14(17)16(3)11(2)15(18)19/h6-9,11H,4-5,10H2,1-3H3,(H,18,19). The Morgan fingerprint density at radius 2 is 1.77 bits per heavy atom. The Labute approximate surface area is 130 Å². The molecule has 0 aromatic heterocycles. The zero-order chi connectivity index (χ0) is 16.9. The monoisotopic (exact) mass is 327 g/mol. The number of hydrogen-bond acceptors (Lipinski definition) is 4. The van der Waals surface area contributed by atoms with Crippen LogP contribution < -0.4 is 0 Å². The molecule has 1 aromatic rings. The average molecular weight is 327 g/mol. The molecular weight excluding hydrogens is 306 g/mol. The number of unbranched alkanes of at least 4 members (excludes halogenated alkanes) is 1. The molecule has 0 fully saturated rings. The average Bonchev–Trinajstić information content (AvgIpc) is 2.50. The molecule has 0 heterocycles. The Morgan fingerprint density at radius 1 is 1.23 bits per heavy atom. The zero-order valence-electron chi connectivity index (χ0n) is 12.9. The molecule has 1 unspecified atom stereocenters. The highest BCUT2D eigenvalue weighted by Gasteiger charge is 2.23. The van der Waals surface area contributed by atoms with Crippen molar-refractivity contribution in [2.75, 3.05) is 12.8 Å². The fraction of sp³-hybridized carbons (Fsp3) is 0.467. The Hall–Kier alpha value is -1.89. The fourth-order valence-electron chi connectivity index (χ4n) is 1.80. The molecule has 0 aliphatic carbocycles. The summed E-state index contributed by atoms with van der Waals surface area (Å²) in [6, 6.07) is 4.63. The topological polar surface area (TPSA) is 91.8 Å². The van der Waals surface area contributed by atoms with E-state index in [2.05, 4.69) is 0 Å². The highest BCUT2D eigenvalue weighted by Crippen LogP contribution is 2.15. The van der Waals surface area contributed by atoms with E-state index in [1.165, 1.54) is 38.2 Å². The summed E-state index contributed by atoms with van der Waals surface area (Å²) in [5, 5.41) is 8.91. The van der Waals surface area contributed by atoms with E-state index in [-0.39, 0.29) is 16.2 Å². The van der Waals surface area contributed by atoms with Crippen molar-refractivity contribution >= 4 is 21.7 Å². The number of amides is 1. The van der Waals surface area contributed by atoms with E-state index in [0.29, 0.717) is 6.42 Å². The summed E-state index contributed by atoms with van der Waals surface area (Å²) in [5.41, 5.74) is 0.255. The number of carbonyl (C=O) groups excluding carboxylic acids is 1. The van der Waals surface area contributed by atoms with Gasteiger partial charge >= 0.3 is 5.97 Å². The summed E-state index contributed by atoms with van der Waals surface area (Å²) in [6.45, 7) is 3.32. The van der Waals surface area contributed by atoms with Crippen LogP contribution >= 0.6 is 0 Å². The molecule has 0 bridgehead atoms. The van der Waals surface area contributed by atoms with E-state index < -0.39 is 27.8 Å². The summed E-state index contributed by atoms with van der Waals surface area (Å²) in [4.78, 5) is 24.3. The second-order valence-corrected chi connectivity index (χ2v) is 7.24. The van der Waals surface area contributed by atoms with Crippen molar-refractivity contribution in [3.63, 3.8) is 0 Å². The predicted molar refractivity (Wildman–Crippen MR) is 82.6 cm³/mol. The van der Waals surface area contributed by atoms with E-state index in [4.69, 9.17) is 5.11 Å². The van der Waals surface area contributed by atoms with Crippen molar-refractivity contribution < 1.29 is 23.1 Å². The maximum Gasteiger partial charge on any atom is 0.326 e. The molecule has 0 aliphatic rings. The van der Waals surface area contributed by atoms with E-state index in [9.17, 15) is 18.0 Å². The molecule has 122 valence electrons. The zero-order valence-corrected chi connectivity index (χ0v) is 13.8. The van der Waals surface area contributed by atoms with Crippen molar-refractivity contribution in [3.8, 4) is 0 Å². The number of sulfone groups is 1. The maximum absolute atomic E-state index is 12.1. The van der Waals surface area contributed by atoms with Crippen LogP contribution in [0.1, 0.15) is 37.0 Å². The number of carbonyl (C=O) groups is 2. The van der Waals surface area contributed by atoms with Crippen molar-refractivity contribution in [2.24, 2.45) is 0 Å². The minimum absolute atomic E-state index is 0.0761. The molecule has 1 aromatic carbocycles. The minimum atomic E-state index is -3.33. The predicted octanol–water partition coefficient (Wildman–Crippen LogP) is 1.81. The molecule has 1 amide bonds. The Kier molecular flexibility index (Phi) is 6.11. The minimum Gasteiger partial charge on any atom is -0.480 e. The van der Waals surface area contributed by atoms with Crippen molar-refractivity contribution in [2.45, 2.75) is 37.6 Å². The van der Waals surface area contributed by atoms with E-state index in [1.807, 2.05) is 6.92 Å². The lowest BCUT2D eigenvalue weighted by Gasteiger charge is -2.21. The van der Waals surface area contributed by atoms with Gasteiger partial charge in [-0.1, -0.05) is 13.3 Å². The third-order valence-electron chi connectivity index (χ3n) is 3.49. The maximum atomic E-state index is 12.1. The molecule has 0 saturated carbocycles. The van der Waals surface area contributed by atoms with Gasteiger partial charge in [0, 0.05) is 12.6 Å². The molecular formula is C15H21NO5S. The third-order valence-corrected chi connectivity index (χ3v) is 5.30. The number of likely N-dealkylation sites (N-methyl/N-ethyl adjacent to an activating group) is 1. The summed E-state index contributed by atoms with van der Waals surface area (Å²) >= 11 is 0. The van der Waals surface area contributed by atoms with Crippen LogP contribution in [-0.2, 0) is 14.6 Å². The summed E-state index contributed by atoms with van der Waals surface area (Å²) in [7, 11) is -1.94. The van der Waals surface area contributed by atoms with Crippen LogP contribution in [0.15, 0.2) is 29.2 Å². The highest BCUT2D eigenvalue weighted by atomic mass is 32.2. The van der Waals surface area contributed by atoms with Gasteiger partial charge in [0.25, 0.3) is 5.91 Å². The van der Waals surface area contributed by atoms with Gasteiger partial charge in [0.15, 0.2) is 9.84 Å². The lowest BCUT2D eigenvalue weighted by Crippen LogP contribution is -2.40.